The van der Waals surface area contributed by atoms with Crippen LogP contribution in [0.5, 0.6) is 0 Å². The topological polar surface area (TPSA) is 48.0 Å². The monoisotopic (exact) mass is 290 g/mol. The number of nitrogens with zero attached hydrogens (tertiary/aromatic N) is 1. The summed E-state index contributed by atoms with van der Waals surface area (Å²) in [5.74, 6) is 6.46. The molecule has 0 spiro atoms. The summed E-state index contributed by atoms with van der Waals surface area (Å²) >= 11 is 0. The van der Waals surface area contributed by atoms with E-state index in [4.69, 9.17) is 5.84 Å². The molecule has 3 nitrogen and oxygen atoms in total. The fourth-order valence-corrected chi connectivity index (χ4v) is 3.53. The Balaban J connectivity index is 2.14. The fourth-order valence-electron chi connectivity index (χ4n) is 3.53. The van der Waals surface area contributed by atoms with Gasteiger partial charge in [-0.1, -0.05) is 49.7 Å². The second-order valence-corrected chi connectivity index (χ2v) is 5.87. The molecule has 0 radical (unpaired) electrons. The van der Waals surface area contributed by atoms with Gasteiger partial charge in [0.05, 0.1) is 5.52 Å². The summed E-state index contributed by atoms with van der Waals surface area (Å²) in [4.78, 5) is 12.8. The van der Waals surface area contributed by atoms with E-state index < -0.39 is 0 Å². The minimum absolute atomic E-state index is 0.0985. The van der Waals surface area contributed by atoms with Crippen LogP contribution in [0, 0.1) is 0 Å². The molecule has 1 aliphatic rings. The van der Waals surface area contributed by atoms with Gasteiger partial charge in [-0.3, -0.25) is 9.47 Å². The average Bonchev–Trinajstić information content (AvgIpc) is 2.84. The summed E-state index contributed by atoms with van der Waals surface area (Å²) in [6.07, 6.45) is 3.14. The molecule has 0 bridgehead atoms. The SMILES string of the molecule is CCCCc1c2c3c(cccc3n1N)C(=O)c1ccccc1-2. The molecule has 0 amide bonds. The van der Waals surface area contributed by atoms with E-state index in [0.717, 1.165) is 58.1 Å². The Morgan fingerprint density at radius 3 is 2.50 bits per heavy atom. The quantitative estimate of drug-likeness (QED) is 0.581. The predicted octanol–water partition coefficient (Wildman–Crippen LogP) is 3.91. The van der Waals surface area contributed by atoms with Gasteiger partial charge in [-0.05, 0) is 24.5 Å². The first-order valence-electron chi connectivity index (χ1n) is 7.79. The van der Waals surface area contributed by atoms with Gasteiger partial charge >= 0.3 is 0 Å². The number of unbranched alkanes of at least 4 members (excludes halogenated alkanes) is 1. The number of rotatable bonds is 3. The zero-order valence-electron chi connectivity index (χ0n) is 12.6. The number of fused-ring (bicyclic) bond motifs is 2. The molecule has 0 unspecified atom stereocenters. The number of benzene rings is 2. The normalized spacial score (nSPS) is 12.7. The van der Waals surface area contributed by atoms with Crippen molar-refractivity contribution in [2.45, 2.75) is 26.2 Å². The maximum Gasteiger partial charge on any atom is 0.194 e. The van der Waals surface area contributed by atoms with Gasteiger partial charge in [0.1, 0.15) is 0 Å². The highest BCUT2D eigenvalue weighted by Gasteiger charge is 2.29. The summed E-state index contributed by atoms with van der Waals surface area (Å²) < 4.78 is 1.78. The molecule has 0 saturated carbocycles. The van der Waals surface area contributed by atoms with Crippen LogP contribution in [0.25, 0.3) is 22.0 Å². The molecule has 22 heavy (non-hydrogen) atoms. The molecule has 0 fully saturated rings. The van der Waals surface area contributed by atoms with E-state index in [-0.39, 0.29) is 5.78 Å². The number of hydrogen-bond acceptors (Lipinski definition) is 2. The summed E-state index contributed by atoms with van der Waals surface area (Å²) in [5, 5.41) is 1.01. The van der Waals surface area contributed by atoms with E-state index in [0.29, 0.717) is 0 Å². The molecule has 3 heteroatoms. The molecule has 4 rings (SSSR count). The Morgan fingerprint density at radius 2 is 1.73 bits per heavy atom. The lowest BCUT2D eigenvalue weighted by atomic mass is 9.84. The lowest BCUT2D eigenvalue weighted by Crippen LogP contribution is -2.12. The average molecular weight is 290 g/mol. The summed E-state index contributed by atoms with van der Waals surface area (Å²) in [6.45, 7) is 2.18. The number of nitrogen functional groups attached to an aromatic ring is 1. The lowest BCUT2D eigenvalue weighted by molar-refractivity contribution is 0.104. The predicted molar refractivity (Wildman–Crippen MR) is 89.6 cm³/mol. The summed E-state index contributed by atoms with van der Waals surface area (Å²) in [6, 6.07) is 13.7. The maximum absolute atomic E-state index is 12.8. The van der Waals surface area contributed by atoms with Gasteiger partial charge in [0.25, 0.3) is 0 Å². The van der Waals surface area contributed by atoms with Crippen molar-refractivity contribution < 1.29 is 4.79 Å². The van der Waals surface area contributed by atoms with Gasteiger partial charge < -0.3 is 5.84 Å². The molecule has 3 aromatic rings. The molecule has 2 aromatic carbocycles. The van der Waals surface area contributed by atoms with Crippen molar-refractivity contribution in [3.8, 4) is 11.1 Å². The van der Waals surface area contributed by atoms with E-state index in [1.54, 1.807) is 4.68 Å². The largest absolute Gasteiger partial charge is 0.339 e. The zero-order chi connectivity index (χ0) is 15.3. The first-order chi connectivity index (χ1) is 10.7. The molecular weight excluding hydrogens is 272 g/mol. The number of nitrogens with two attached hydrogens (primary N) is 1. The van der Waals surface area contributed by atoms with Crippen molar-refractivity contribution in [2.75, 3.05) is 5.84 Å². The standard InChI is InChI=1S/C19H18N2O/c1-2-3-10-15-17-12-7-4-5-8-13(12)19(22)14-9-6-11-16(18(14)17)21(15)20/h4-9,11H,2-3,10,20H2,1H3. The highest BCUT2D eigenvalue weighted by molar-refractivity contribution is 6.26. The van der Waals surface area contributed by atoms with Crippen LogP contribution in [0.15, 0.2) is 42.5 Å². The van der Waals surface area contributed by atoms with E-state index in [1.165, 1.54) is 0 Å². The van der Waals surface area contributed by atoms with Gasteiger partial charge in [0.2, 0.25) is 0 Å². The first-order valence-corrected chi connectivity index (χ1v) is 7.79. The van der Waals surface area contributed by atoms with Gasteiger partial charge in [0.15, 0.2) is 5.78 Å². The van der Waals surface area contributed by atoms with Crippen LogP contribution in [0.2, 0.25) is 0 Å². The van der Waals surface area contributed by atoms with E-state index in [1.807, 2.05) is 42.5 Å². The minimum atomic E-state index is 0.0985. The van der Waals surface area contributed by atoms with Crippen LogP contribution in [0.4, 0.5) is 0 Å². The summed E-state index contributed by atoms with van der Waals surface area (Å²) in [5.41, 5.74) is 5.80. The number of carbonyl (C=O) groups excluding carboxylic acids is 1. The lowest BCUT2D eigenvalue weighted by Gasteiger charge is -2.17. The van der Waals surface area contributed by atoms with Crippen molar-refractivity contribution in [1.29, 1.82) is 0 Å². The van der Waals surface area contributed by atoms with Crippen LogP contribution >= 0.6 is 0 Å². The molecule has 0 atom stereocenters. The van der Waals surface area contributed by atoms with Crippen LogP contribution in [0.1, 0.15) is 41.4 Å². The third kappa shape index (κ3) is 1.59. The van der Waals surface area contributed by atoms with Crippen LogP contribution in [0.3, 0.4) is 0 Å². The highest BCUT2D eigenvalue weighted by Crippen LogP contribution is 2.42. The van der Waals surface area contributed by atoms with Gasteiger partial charge in [-0.15, -0.1) is 0 Å². The van der Waals surface area contributed by atoms with Crippen molar-refractivity contribution in [3.63, 3.8) is 0 Å². The first kappa shape index (κ1) is 13.1. The highest BCUT2D eigenvalue weighted by atomic mass is 16.1. The Bertz CT molecular complexity index is 905. The number of hydrogen-bond donors (Lipinski definition) is 1. The van der Waals surface area contributed by atoms with Gasteiger partial charge in [-0.25, -0.2) is 0 Å². The Morgan fingerprint density at radius 1 is 1.00 bits per heavy atom. The molecule has 1 heterocycles. The number of ketones is 1. The zero-order valence-corrected chi connectivity index (χ0v) is 12.6. The Labute approximate surface area is 129 Å². The Hall–Kier alpha value is -2.55. The molecule has 1 aliphatic carbocycles. The molecule has 0 saturated heterocycles. The van der Waals surface area contributed by atoms with Crippen molar-refractivity contribution in [2.24, 2.45) is 0 Å². The summed E-state index contributed by atoms with van der Waals surface area (Å²) in [7, 11) is 0. The third-order valence-electron chi connectivity index (χ3n) is 4.58. The van der Waals surface area contributed by atoms with E-state index in [2.05, 4.69) is 6.92 Å². The number of carbonyl (C=O) groups is 1. The fraction of sp³-hybridized carbons (Fsp3) is 0.211. The van der Waals surface area contributed by atoms with Crippen molar-refractivity contribution in [3.05, 3.63) is 59.3 Å². The minimum Gasteiger partial charge on any atom is -0.339 e. The third-order valence-corrected chi connectivity index (χ3v) is 4.58. The molecular formula is C19H18N2O. The van der Waals surface area contributed by atoms with Crippen molar-refractivity contribution >= 4 is 16.7 Å². The molecule has 110 valence electrons. The van der Waals surface area contributed by atoms with Crippen LogP contribution in [-0.2, 0) is 6.42 Å². The van der Waals surface area contributed by atoms with Crippen LogP contribution < -0.4 is 5.84 Å². The maximum atomic E-state index is 12.8. The van der Waals surface area contributed by atoms with E-state index >= 15 is 0 Å². The molecule has 0 aliphatic heterocycles. The van der Waals surface area contributed by atoms with Gasteiger partial charge in [-0.2, -0.15) is 0 Å². The number of aromatic nitrogens is 1. The smallest absolute Gasteiger partial charge is 0.194 e. The Kier molecular flexibility index (Phi) is 2.83. The molecule has 1 aromatic heterocycles. The second-order valence-electron chi connectivity index (χ2n) is 5.87. The molecule has 2 N–H and O–H groups in total. The van der Waals surface area contributed by atoms with E-state index in [9.17, 15) is 4.79 Å². The van der Waals surface area contributed by atoms with Gasteiger partial charge in [0, 0.05) is 27.8 Å². The second kappa shape index (κ2) is 4.73. The van der Waals surface area contributed by atoms with Crippen molar-refractivity contribution in [1.82, 2.24) is 4.68 Å². The van der Waals surface area contributed by atoms with Crippen LogP contribution in [-0.4, -0.2) is 10.5 Å².